The van der Waals surface area contributed by atoms with Crippen molar-refractivity contribution < 1.29 is 79.0 Å². The summed E-state index contributed by atoms with van der Waals surface area (Å²) >= 11 is 0. The Bertz CT molecular complexity index is 3990. The first-order chi connectivity index (χ1) is 43.2. The second kappa shape index (κ2) is 18.6. The number of nitrogens with one attached hydrogen (secondary N) is 2. The van der Waals surface area contributed by atoms with Crippen molar-refractivity contribution in [1.29, 1.82) is 0 Å². The highest BCUT2D eigenvalue weighted by Crippen LogP contribution is 2.68. The van der Waals surface area contributed by atoms with E-state index in [1.807, 2.05) is 36.4 Å². The van der Waals surface area contributed by atoms with Gasteiger partial charge in [0.2, 0.25) is 0 Å². The Hall–Kier alpha value is -7.40. The number of phenols is 4. The van der Waals surface area contributed by atoms with Crippen LogP contribution in [0.3, 0.4) is 0 Å². The van der Waals surface area contributed by atoms with Gasteiger partial charge in [0.05, 0.1) is 32.9 Å². The average molecular weight is 1230 g/mol. The zero-order valence-corrected chi connectivity index (χ0v) is 49.6. The van der Waals surface area contributed by atoms with Crippen LogP contribution in [0.4, 0.5) is 0 Å². The first-order valence-electron chi connectivity index (χ1n) is 31.9. The first kappa shape index (κ1) is 56.6. The van der Waals surface area contributed by atoms with E-state index in [1.54, 1.807) is 36.4 Å². The van der Waals surface area contributed by atoms with Crippen LogP contribution >= 0.6 is 0 Å². The highest BCUT2D eigenvalue weighted by molar-refractivity contribution is 6.00. The fourth-order valence-electron chi connectivity index (χ4n) is 21.2. The number of benzene rings is 4. The van der Waals surface area contributed by atoms with E-state index in [4.69, 9.17) is 18.9 Å². The minimum Gasteiger partial charge on any atom is -0.504 e. The standard InChI is InChI=1S/C19H21NO4.C19H19NO4.C16H17NO4.C16H15NO4/c2*1-2-8-20-9-7-18-15-11-3-4-12(21)16(15)24-17(18)13(22)5-6-19(18,23)14(20)10-11;2*18-9-2-1-8-7-11-16(20)4-3-10(19)14-15(16,5-6-17-11)12(8)13(9)21-14/h2-4,14,17,21,23H,1,5-10H2;2-6,14,17,21,23H,1,7-10H2;1-2,11,14,17-18,20H,3-7H2;1-4,11,14,17-18,20H,5-7H2/t2*14-,17+,18+,19-;2*11-,14+,15+,16-/m1111/s1. The van der Waals surface area contributed by atoms with Gasteiger partial charge in [0.15, 0.2) is 93.5 Å². The molecule has 0 aromatic heterocycles. The van der Waals surface area contributed by atoms with E-state index >= 15 is 0 Å². The number of likely N-dealkylation sites (tertiary alicyclic amines) is 2. The van der Waals surface area contributed by atoms with Crippen molar-refractivity contribution in [1.82, 2.24) is 20.4 Å². The SMILES string of the molecule is C=CCN1CC[C@]23c4c5ccc(O)c4O[C@H]2C(=O)C=C[C@@]3(O)[C@H]1C5.C=CCN1CC[C@]23c4c5ccc(O)c4O[C@H]2C(=O)CC[C@@]3(O)[C@H]1C5.O=C1C=C[C@@]2(O)[C@H]3Cc4ccc(O)c5c4[C@@]2(CCN3)[C@H]1O5.O=C1CC[C@@]2(O)[C@H]3Cc4ccc(O)c5c4[C@@]2(CCN3)[C@H]1O5. The van der Waals surface area contributed by atoms with Gasteiger partial charge in [-0.3, -0.25) is 29.0 Å². The number of hydrogen-bond donors (Lipinski definition) is 10. The number of piperidine rings is 4. The molecule has 8 bridgehead atoms. The van der Waals surface area contributed by atoms with Crippen molar-refractivity contribution in [2.45, 2.75) is 170 Å². The molecule has 2 saturated carbocycles. The zero-order valence-electron chi connectivity index (χ0n) is 49.6. The molecule has 20 heteroatoms. The maximum Gasteiger partial charge on any atom is 0.196 e. The maximum absolute atomic E-state index is 12.6. The maximum atomic E-state index is 12.6. The van der Waals surface area contributed by atoms with Gasteiger partial charge in [0.25, 0.3) is 0 Å². The Labute approximate surface area is 518 Å². The van der Waals surface area contributed by atoms with E-state index in [0.29, 0.717) is 107 Å². The fourth-order valence-corrected chi connectivity index (χ4v) is 21.2. The highest BCUT2D eigenvalue weighted by Gasteiger charge is 2.76. The summed E-state index contributed by atoms with van der Waals surface area (Å²) in [6.07, 6.45) is 13.9. The van der Waals surface area contributed by atoms with Gasteiger partial charge in [0, 0.05) is 85.4 Å². The average Bonchev–Trinajstić information content (AvgIpc) is 1.42. The van der Waals surface area contributed by atoms with Crippen molar-refractivity contribution in [3.63, 3.8) is 0 Å². The molecular formula is C70H72N4O16. The van der Waals surface area contributed by atoms with Crippen molar-refractivity contribution in [3.05, 3.63) is 143 Å². The van der Waals surface area contributed by atoms with Gasteiger partial charge in [-0.1, -0.05) is 36.4 Å². The summed E-state index contributed by atoms with van der Waals surface area (Å²) in [6, 6.07) is 13.7. The molecule has 0 unspecified atom stereocenters. The Morgan fingerprint density at radius 2 is 0.856 bits per heavy atom. The number of Topliss-reactive ketones (excluding diaryl/α,β-unsaturated/α-hetero) is 2. The van der Waals surface area contributed by atoms with Crippen LogP contribution in [0.15, 0.2) is 98.1 Å². The summed E-state index contributed by atoms with van der Waals surface area (Å²) in [7, 11) is 0. The van der Waals surface area contributed by atoms with E-state index in [1.165, 1.54) is 12.2 Å². The van der Waals surface area contributed by atoms with Crippen LogP contribution in [0, 0.1) is 0 Å². The number of carbonyl (C=O) groups excluding carboxylic acids is 4. The van der Waals surface area contributed by atoms with Gasteiger partial charge >= 0.3 is 0 Å². The van der Waals surface area contributed by atoms with E-state index in [9.17, 15) is 60.0 Å². The van der Waals surface area contributed by atoms with E-state index < -0.39 is 68.5 Å². The smallest absolute Gasteiger partial charge is 0.196 e. The molecule has 16 aliphatic rings. The summed E-state index contributed by atoms with van der Waals surface area (Å²) in [6.45, 7) is 12.1. The number of rotatable bonds is 4. The third-order valence-corrected chi connectivity index (χ3v) is 24.9. The van der Waals surface area contributed by atoms with Gasteiger partial charge in [-0.2, -0.15) is 0 Å². The van der Waals surface area contributed by atoms with Crippen LogP contribution in [-0.4, -0.2) is 184 Å². The topological polar surface area (TPSA) is 298 Å². The van der Waals surface area contributed by atoms with Crippen LogP contribution in [0.1, 0.15) is 95.9 Å². The predicted molar refractivity (Wildman–Crippen MR) is 321 cm³/mol. The molecule has 8 aliphatic heterocycles. The van der Waals surface area contributed by atoms with Crippen molar-refractivity contribution in [2.75, 3.05) is 39.3 Å². The molecule has 0 amide bonds. The number of nitrogens with zero attached hydrogens (tertiary/aromatic N) is 2. The molecule has 20 nitrogen and oxygen atoms in total. The van der Waals surface area contributed by atoms with Crippen LogP contribution in [0.25, 0.3) is 0 Å². The second-order valence-electron chi connectivity index (χ2n) is 28.0. The number of phenolic OH excluding ortho intramolecular Hbond substituents is 4. The van der Waals surface area contributed by atoms with Gasteiger partial charge < -0.3 is 70.4 Å². The number of ether oxygens (including phenoxy) is 4. The van der Waals surface area contributed by atoms with Crippen LogP contribution in [0.2, 0.25) is 0 Å². The minimum absolute atomic E-state index is 0.0408. The molecule has 4 spiro atoms. The Morgan fingerprint density at radius 1 is 0.467 bits per heavy atom. The molecule has 4 aromatic rings. The van der Waals surface area contributed by atoms with E-state index in [0.717, 1.165) is 77.2 Å². The third-order valence-electron chi connectivity index (χ3n) is 24.9. The molecule has 16 atom stereocenters. The van der Waals surface area contributed by atoms with Gasteiger partial charge in [-0.05, 0) is 148 Å². The lowest BCUT2D eigenvalue weighted by molar-refractivity contribution is -0.187. The molecule has 10 N–H and O–H groups in total. The second-order valence-corrected chi connectivity index (χ2v) is 28.0. The number of hydrogen-bond acceptors (Lipinski definition) is 20. The third kappa shape index (κ3) is 6.49. The highest BCUT2D eigenvalue weighted by atomic mass is 16.5. The molecule has 8 heterocycles. The van der Waals surface area contributed by atoms with Crippen LogP contribution in [-0.2, 0) is 66.5 Å². The first-order valence-corrected chi connectivity index (χ1v) is 31.9. The fraction of sp³-hybridized carbons (Fsp3) is 0.486. The van der Waals surface area contributed by atoms with Gasteiger partial charge in [-0.25, -0.2) is 0 Å². The summed E-state index contributed by atoms with van der Waals surface area (Å²) in [5.74, 6) is 1.64. The van der Waals surface area contributed by atoms with Crippen LogP contribution in [0.5, 0.6) is 46.0 Å². The van der Waals surface area contributed by atoms with E-state index in [2.05, 4.69) is 33.6 Å². The normalized spacial score (nSPS) is 40.4. The predicted octanol–water partition coefficient (Wildman–Crippen LogP) is 2.96. The van der Waals surface area contributed by atoms with E-state index in [-0.39, 0.29) is 70.3 Å². The minimum atomic E-state index is -1.18. The van der Waals surface area contributed by atoms with Crippen LogP contribution < -0.4 is 29.6 Å². The van der Waals surface area contributed by atoms with Gasteiger partial charge in [0.1, 0.15) is 11.2 Å². The number of aromatic hydroxyl groups is 4. The molecule has 4 saturated heterocycles. The summed E-state index contributed by atoms with van der Waals surface area (Å²) in [4.78, 5) is 54.5. The summed E-state index contributed by atoms with van der Waals surface area (Å²) in [5.41, 5.74) is 0.470. The zero-order chi connectivity index (χ0) is 62.2. The molecule has 6 fully saturated rings. The Balaban J connectivity index is 0.0000000926. The summed E-state index contributed by atoms with van der Waals surface area (Å²) in [5, 5.41) is 93.9. The van der Waals surface area contributed by atoms with Crippen molar-refractivity contribution in [3.8, 4) is 46.0 Å². The van der Waals surface area contributed by atoms with Crippen molar-refractivity contribution >= 4 is 23.1 Å². The lowest BCUT2D eigenvalue weighted by atomic mass is 9.49. The number of carbonyl (C=O) groups is 4. The van der Waals surface area contributed by atoms with Gasteiger partial charge in [-0.15, -0.1) is 13.2 Å². The molecule has 0 radical (unpaired) electrons. The number of aliphatic hydroxyl groups is 4. The Morgan fingerprint density at radius 3 is 1.38 bits per heavy atom. The number of ketones is 4. The quantitative estimate of drug-likeness (QED) is 0.131. The molecule has 468 valence electrons. The largest absolute Gasteiger partial charge is 0.504 e. The monoisotopic (exact) mass is 1220 g/mol. The molecule has 4 aromatic carbocycles. The molecular weight excluding hydrogens is 1150 g/mol. The molecule has 20 rings (SSSR count). The van der Waals surface area contributed by atoms with Crippen molar-refractivity contribution in [2.24, 2.45) is 0 Å². The molecule has 8 aliphatic carbocycles. The summed E-state index contributed by atoms with van der Waals surface area (Å²) < 4.78 is 23.7. The lowest BCUT2D eigenvalue weighted by Crippen LogP contribution is -2.76. The lowest BCUT2D eigenvalue weighted by Gasteiger charge is -2.62. The molecule has 90 heavy (non-hydrogen) atoms. The Kier molecular flexibility index (Phi) is 11.7.